The first-order valence-electron chi connectivity index (χ1n) is 7.98. The third kappa shape index (κ3) is 45.6. The van der Waals surface area contributed by atoms with Gasteiger partial charge in [0.05, 0.1) is 0 Å². The van der Waals surface area contributed by atoms with E-state index in [1.807, 2.05) is 0 Å². The first-order chi connectivity index (χ1) is 11.2. The summed E-state index contributed by atoms with van der Waals surface area (Å²) in [6, 6.07) is 0. The molecule has 0 radical (unpaired) electrons. The van der Waals surface area contributed by atoms with Crippen LogP contribution in [-0.2, 0) is 44.8 Å². The van der Waals surface area contributed by atoms with Gasteiger partial charge >= 0.3 is 25.8 Å². The third-order valence-corrected chi connectivity index (χ3v) is 2.38. The summed E-state index contributed by atoms with van der Waals surface area (Å²) in [7, 11) is 5.67. The van der Waals surface area contributed by atoms with Crippen molar-refractivity contribution in [1.82, 2.24) is 0 Å². The fourth-order valence-corrected chi connectivity index (χ4v) is 0.667. The normalized spacial score (nSPS) is 13.9. The Hall–Kier alpha value is 0.550. The van der Waals surface area contributed by atoms with Crippen molar-refractivity contribution in [2.45, 2.75) is 78.5 Å². The van der Waals surface area contributed by atoms with Crippen LogP contribution >= 0.6 is 0 Å². The summed E-state index contributed by atoms with van der Waals surface area (Å²) in [5, 5.41) is 40.2. The van der Waals surface area contributed by atoms with Crippen LogP contribution in [0.25, 0.3) is 0 Å². The zero-order chi connectivity index (χ0) is 20.0. The first kappa shape index (κ1) is 36.5. The van der Waals surface area contributed by atoms with E-state index in [0.717, 1.165) is 0 Å². The molecule has 0 aromatic heterocycles. The SMILES string of the molecule is CCC([O-])OC.CCC([O-])OC.CCC([O-])OC.CCC([O-])OC.[Hf+4]. The van der Waals surface area contributed by atoms with Crippen molar-refractivity contribution >= 4 is 0 Å². The van der Waals surface area contributed by atoms with Crippen LogP contribution in [0.1, 0.15) is 53.4 Å². The summed E-state index contributed by atoms with van der Waals surface area (Å²) >= 11 is 0. The first-order valence-corrected chi connectivity index (χ1v) is 7.98. The molecule has 0 aromatic rings. The van der Waals surface area contributed by atoms with Gasteiger partial charge in [-0.15, -0.1) is 0 Å². The second-order valence-corrected chi connectivity index (χ2v) is 4.29. The van der Waals surface area contributed by atoms with Crippen LogP contribution in [0.2, 0.25) is 0 Å². The number of hydrogen-bond donors (Lipinski definition) is 0. The topological polar surface area (TPSA) is 129 Å². The van der Waals surface area contributed by atoms with Crippen LogP contribution in [0.4, 0.5) is 0 Å². The Morgan fingerprint density at radius 3 is 0.600 bits per heavy atom. The molecule has 0 bridgehead atoms. The zero-order valence-corrected chi connectivity index (χ0v) is 20.5. The second-order valence-electron chi connectivity index (χ2n) is 4.29. The van der Waals surface area contributed by atoms with Crippen LogP contribution in [0.3, 0.4) is 0 Å². The predicted octanol–water partition coefficient (Wildman–Crippen LogP) is -1.09. The van der Waals surface area contributed by atoms with E-state index in [0.29, 0.717) is 25.7 Å². The van der Waals surface area contributed by atoms with E-state index in [4.69, 9.17) is 0 Å². The smallest absolute Gasteiger partial charge is 0.831 e. The standard InChI is InChI=1S/4C4H9O2.Hf/c4*1-3-4(5)6-2;/h4*4H,3H2,1-2H3;/q4*-1;+4. The molecule has 0 aliphatic rings. The molecule has 0 spiro atoms. The van der Waals surface area contributed by atoms with Gasteiger partial charge < -0.3 is 39.4 Å². The molecule has 25 heavy (non-hydrogen) atoms. The maximum absolute atomic E-state index is 10.0. The molecule has 0 saturated heterocycles. The van der Waals surface area contributed by atoms with Crippen molar-refractivity contribution < 1.29 is 65.2 Å². The van der Waals surface area contributed by atoms with Gasteiger partial charge in [0.1, 0.15) is 0 Å². The Labute approximate surface area is 172 Å². The summed E-state index contributed by atoms with van der Waals surface area (Å²) in [5.74, 6) is 0. The van der Waals surface area contributed by atoms with Crippen molar-refractivity contribution in [3.63, 3.8) is 0 Å². The largest absolute Gasteiger partial charge is 4.00 e. The molecule has 152 valence electrons. The molecule has 0 saturated carbocycles. The van der Waals surface area contributed by atoms with Crippen LogP contribution in [0, 0.1) is 0 Å². The van der Waals surface area contributed by atoms with Gasteiger partial charge in [-0.05, 0) is 50.8 Å². The Balaban J connectivity index is -0.0000000702. The van der Waals surface area contributed by atoms with Gasteiger partial charge in [0.2, 0.25) is 0 Å². The number of hydrogen-bond acceptors (Lipinski definition) is 8. The minimum atomic E-state index is -0.815. The Kier molecular flexibility index (Phi) is 47.0. The fraction of sp³-hybridized carbons (Fsp3) is 1.00. The van der Waals surface area contributed by atoms with Crippen LogP contribution in [0.15, 0.2) is 0 Å². The van der Waals surface area contributed by atoms with Gasteiger partial charge in [0.25, 0.3) is 0 Å². The van der Waals surface area contributed by atoms with Crippen LogP contribution in [-0.4, -0.2) is 53.6 Å². The second kappa shape index (κ2) is 32.2. The van der Waals surface area contributed by atoms with E-state index in [2.05, 4.69) is 18.9 Å². The van der Waals surface area contributed by atoms with Gasteiger partial charge in [-0.3, -0.25) is 0 Å². The molecular weight excluding hydrogens is 499 g/mol. The van der Waals surface area contributed by atoms with E-state index < -0.39 is 25.2 Å². The Morgan fingerprint density at radius 2 is 0.600 bits per heavy atom. The summed E-state index contributed by atoms with van der Waals surface area (Å²) in [4.78, 5) is 0. The van der Waals surface area contributed by atoms with Crippen molar-refractivity contribution in [3.05, 3.63) is 0 Å². The molecular formula is C16H36HfO8. The van der Waals surface area contributed by atoms with E-state index in [1.54, 1.807) is 27.7 Å². The van der Waals surface area contributed by atoms with E-state index in [-0.39, 0.29) is 25.8 Å². The van der Waals surface area contributed by atoms with Gasteiger partial charge in [-0.2, -0.15) is 0 Å². The molecule has 9 heteroatoms. The molecule has 0 aliphatic carbocycles. The average Bonchev–Trinajstić information content (AvgIpc) is 2.66. The van der Waals surface area contributed by atoms with Crippen LogP contribution < -0.4 is 20.4 Å². The average molecular weight is 535 g/mol. The molecule has 0 aliphatic heterocycles. The summed E-state index contributed by atoms with van der Waals surface area (Å²) < 4.78 is 17.4. The summed E-state index contributed by atoms with van der Waals surface area (Å²) in [5.41, 5.74) is 0. The molecule has 4 unspecified atom stereocenters. The molecule has 0 heterocycles. The number of ether oxygens (including phenoxy) is 4. The Morgan fingerprint density at radius 1 is 0.480 bits per heavy atom. The van der Waals surface area contributed by atoms with Gasteiger partial charge in [-0.1, -0.05) is 27.7 Å². The van der Waals surface area contributed by atoms with Crippen molar-refractivity contribution in [3.8, 4) is 0 Å². The van der Waals surface area contributed by atoms with E-state index in [9.17, 15) is 20.4 Å². The number of rotatable bonds is 8. The van der Waals surface area contributed by atoms with E-state index >= 15 is 0 Å². The zero-order valence-electron chi connectivity index (χ0n) is 16.9. The monoisotopic (exact) mass is 536 g/mol. The predicted molar refractivity (Wildman–Crippen MR) is 84.4 cm³/mol. The summed E-state index contributed by atoms with van der Waals surface area (Å²) in [6.45, 7) is 7.17. The fourth-order valence-electron chi connectivity index (χ4n) is 0.667. The minimum Gasteiger partial charge on any atom is -0.831 e. The molecule has 4 atom stereocenters. The molecule has 0 amide bonds. The summed E-state index contributed by atoms with van der Waals surface area (Å²) in [6.07, 6.45) is -1.05. The van der Waals surface area contributed by atoms with Crippen molar-refractivity contribution in [1.29, 1.82) is 0 Å². The minimum absolute atomic E-state index is 0. The maximum Gasteiger partial charge on any atom is 4.00 e. The molecule has 0 aromatic carbocycles. The van der Waals surface area contributed by atoms with Crippen molar-refractivity contribution in [2.75, 3.05) is 28.4 Å². The Bertz CT molecular complexity index is 145. The van der Waals surface area contributed by atoms with Gasteiger partial charge in [0, 0.05) is 28.4 Å². The maximum atomic E-state index is 10.0. The molecule has 0 rings (SSSR count). The quantitative estimate of drug-likeness (QED) is 0.284. The van der Waals surface area contributed by atoms with Crippen molar-refractivity contribution in [2.24, 2.45) is 0 Å². The van der Waals surface area contributed by atoms with Crippen LogP contribution in [0.5, 0.6) is 0 Å². The van der Waals surface area contributed by atoms with E-state index in [1.165, 1.54) is 28.4 Å². The van der Waals surface area contributed by atoms with Gasteiger partial charge in [0.15, 0.2) is 0 Å². The third-order valence-electron chi connectivity index (χ3n) is 2.38. The molecule has 0 fully saturated rings. The van der Waals surface area contributed by atoms with Gasteiger partial charge in [-0.25, -0.2) is 0 Å². The molecule has 0 N–H and O–H groups in total. The molecule has 8 nitrogen and oxygen atoms in total. The number of methoxy groups -OCH3 is 4.